The largest absolute Gasteiger partial charge is 0.449 e. The van der Waals surface area contributed by atoms with Crippen molar-refractivity contribution in [2.75, 3.05) is 18.1 Å². The van der Waals surface area contributed by atoms with Crippen LogP contribution in [-0.2, 0) is 16.3 Å². The lowest BCUT2D eigenvalue weighted by molar-refractivity contribution is 0.283. The average molecular weight is 259 g/mol. The van der Waals surface area contributed by atoms with E-state index in [9.17, 15) is 8.42 Å². The number of oxazole rings is 1. The van der Waals surface area contributed by atoms with Crippen LogP contribution in [0, 0.1) is 0 Å². The summed E-state index contributed by atoms with van der Waals surface area (Å²) < 4.78 is 27.9. The quantitative estimate of drug-likeness (QED) is 0.868. The zero-order valence-electron chi connectivity index (χ0n) is 9.63. The molecule has 2 rings (SSSR count). The highest BCUT2D eigenvalue weighted by Crippen LogP contribution is 2.28. The third-order valence-electron chi connectivity index (χ3n) is 3.09. The molecule has 0 amide bonds. The molecular weight excluding hydrogens is 242 g/mol. The summed E-state index contributed by atoms with van der Waals surface area (Å²) in [6, 6.07) is 0. The van der Waals surface area contributed by atoms with Crippen molar-refractivity contribution in [2.24, 2.45) is 0 Å². The molecular formula is C11H17NO4S. The smallest absolute Gasteiger partial charge is 0.194 e. The van der Waals surface area contributed by atoms with E-state index in [-0.39, 0.29) is 24.0 Å². The van der Waals surface area contributed by atoms with E-state index < -0.39 is 9.84 Å². The van der Waals surface area contributed by atoms with E-state index in [4.69, 9.17) is 9.52 Å². The van der Waals surface area contributed by atoms with Gasteiger partial charge < -0.3 is 9.52 Å². The Morgan fingerprint density at radius 3 is 2.76 bits per heavy atom. The molecule has 6 heteroatoms. The summed E-state index contributed by atoms with van der Waals surface area (Å²) in [6.45, 7) is 0.124. The van der Waals surface area contributed by atoms with Crippen LogP contribution in [0.5, 0.6) is 0 Å². The minimum atomic E-state index is -2.82. The summed E-state index contributed by atoms with van der Waals surface area (Å²) in [5, 5.41) is 8.70. The molecule has 2 heterocycles. The number of sulfone groups is 1. The molecule has 96 valence electrons. The van der Waals surface area contributed by atoms with E-state index in [0.717, 1.165) is 5.69 Å². The molecule has 0 unspecified atom stereocenters. The lowest BCUT2D eigenvalue weighted by Crippen LogP contribution is -2.22. The van der Waals surface area contributed by atoms with Gasteiger partial charge in [0, 0.05) is 18.9 Å². The Kier molecular flexibility index (Phi) is 3.83. The molecule has 1 aromatic heterocycles. The number of nitrogens with zero attached hydrogens (tertiary/aromatic N) is 1. The van der Waals surface area contributed by atoms with Crippen LogP contribution in [0.3, 0.4) is 0 Å². The first-order chi connectivity index (χ1) is 8.11. The van der Waals surface area contributed by atoms with Gasteiger partial charge >= 0.3 is 0 Å². The van der Waals surface area contributed by atoms with Gasteiger partial charge in [0.25, 0.3) is 0 Å². The fourth-order valence-corrected chi connectivity index (χ4v) is 3.53. The highest BCUT2D eigenvalue weighted by Gasteiger charge is 2.26. The van der Waals surface area contributed by atoms with Gasteiger partial charge in [-0.05, 0) is 19.3 Å². The van der Waals surface area contributed by atoms with Crippen molar-refractivity contribution >= 4 is 9.84 Å². The highest BCUT2D eigenvalue weighted by molar-refractivity contribution is 7.91. The molecule has 1 aromatic rings. The fraction of sp³-hybridized carbons (Fsp3) is 0.727. The van der Waals surface area contributed by atoms with Crippen molar-refractivity contribution in [1.82, 2.24) is 4.98 Å². The third-order valence-corrected chi connectivity index (χ3v) is 4.81. The number of aliphatic hydroxyl groups is 1. The Balaban J connectivity index is 1.96. The SMILES string of the molecule is O=S1(=O)CCC(c2coc(CCCO)n2)CC1. The molecule has 1 aliphatic rings. The van der Waals surface area contributed by atoms with Crippen LogP contribution in [0.15, 0.2) is 10.7 Å². The predicted molar refractivity (Wildman–Crippen MR) is 62.5 cm³/mol. The topological polar surface area (TPSA) is 80.4 Å². The zero-order chi connectivity index (χ0) is 12.3. The lowest BCUT2D eigenvalue weighted by Gasteiger charge is -2.19. The number of hydrogen-bond acceptors (Lipinski definition) is 5. The zero-order valence-corrected chi connectivity index (χ0v) is 10.4. The molecule has 0 spiro atoms. The molecule has 17 heavy (non-hydrogen) atoms. The minimum Gasteiger partial charge on any atom is -0.449 e. The maximum Gasteiger partial charge on any atom is 0.194 e. The van der Waals surface area contributed by atoms with Crippen LogP contribution < -0.4 is 0 Å². The maximum atomic E-state index is 11.3. The number of aromatic nitrogens is 1. The summed E-state index contributed by atoms with van der Waals surface area (Å²) >= 11 is 0. The normalized spacial score (nSPS) is 20.5. The first kappa shape index (κ1) is 12.6. The molecule has 5 nitrogen and oxygen atoms in total. The number of rotatable bonds is 4. The first-order valence-corrected chi connectivity index (χ1v) is 7.68. The van der Waals surface area contributed by atoms with Gasteiger partial charge in [-0.2, -0.15) is 0 Å². The highest BCUT2D eigenvalue weighted by atomic mass is 32.2. The third kappa shape index (κ3) is 3.29. The molecule has 0 bridgehead atoms. The second kappa shape index (κ2) is 5.18. The van der Waals surface area contributed by atoms with Crippen LogP contribution >= 0.6 is 0 Å². The summed E-state index contributed by atoms with van der Waals surface area (Å²) in [5.41, 5.74) is 0.854. The van der Waals surface area contributed by atoms with Crippen LogP contribution in [-0.4, -0.2) is 36.6 Å². The van der Waals surface area contributed by atoms with E-state index in [1.54, 1.807) is 6.26 Å². The van der Waals surface area contributed by atoms with Gasteiger partial charge in [0.2, 0.25) is 0 Å². The van der Waals surface area contributed by atoms with Crippen molar-refractivity contribution in [2.45, 2.75) is 31.6 Å². The van der Waals surface area contributed by atoms with E-state index >= 15 is 0 Å². The van der Waals surface area contributed by atoms with Crippen LogP contribution in [0.1, 0.15) is 36.8 Å². The number of aliphatic hydroxyl groups excluding tert-OH is 1. The van der Waals surface area contributed by atoms with Crippen molar-refractivity contribution in [3.8, 4) is 0 Å². The Bertz CT molecular complexity index is 452. The minimum absolute atomic E-state index is 0.124. The Morgan fingerprint density at radius 2 is 2.12 bits per heavy atom. The Morgan fingerprint density at radius 1 is 1.41 bits per heavy atom. The second-order valence-electron chi connectivity index (χ2n) is 4.42. The Hall–Kier alpha value is -0.880. The summed E-state index contributed by atoms with van der Waals surface area (Å²) in [7, 11) is -2.82. The fourth-order valence-electron chi connectivity index (χ4n) is 2.04. The molecule has 1 saturated heterocycles. The van der Waals surface area contributed by atoms with Crippen LogP contribution in [0.25, 0.3) is 0 Å². The monoisotopic (exact) mass is 259 g/mol. The molecule has 0 aliphatic carbocycles. The van der Waals surface area contributed by atoms with E-state index in [1.807, 2.05) is 0 Å². The Labute approximate surface area is 101 Å². The standard InChI is InChI=1S/C11H17NO4S/c13-5-1-2-11-12-10(8-16-11)9-3-6-17(14,15)7-4-9/h8-9,13H,1-7H2. The van der Waals surface area contributed by atoms with Gasteiger partial charge in [0.05, 0.1) is 17.2 Å². The van der Waals surface area contributed by atoms with Crippen molar-refractivity contribution in [3.63, 3.8) is 0 Å². The van der Waals surface area contributed by atoms with Crippen LogP contribution in [0.2, 0.25) is 0 Å². The first-order valence-electron chi connectivity index (χ1n) is 5.86. The number of hydrogen-bond donors (Lipinski definition) is 1. The van der Waals surface area contributed by atoms with Gasteiger partial charge in [-0.15, -0.1) is 0 Å². The van der Waals surface area contributed by atoms with Crippen molar-refractivity contribution in [3.05, 3.63) is 17.8 Å². The second-order valence-corrected chi connectivity index (χ2v) is 6.72. The predicted octanol–water partition coefficient (Wildman–Crippen LogP) is 0.892. The van der Waals surface area contributed by atoms with Gasteiger partial charge in [-0.1, -0.05) is 0 Å². The molecule has 0 aromatic carbocycles. The molecule has 0 atom stereocenters. The van der Waals surface area contributed by atoms with Gasteiger partial charge in [-0.3, -0.25) is 0 Å². The molecule has 1 N–H and O–H groups in total. The molecule has 0 radical (unpaired) electrons. The van der Waals surface area contributed by atoms with Gasteiger partial charge in [0.15, 0.2) is 5.89 Å². The number of aryl methyl sites for hydroxylation is 1. The summed E-state index contributed by atoms with van der Waals surface area (Å²) in [4.78, 5) is 4.35. The maximum absolute atomic E-state index is 11.3. The van der Waals surface area contributed by atoms with E-state index in [0.29, 0.717) is 31.6 Å². The molecule has 0 saturated carbocycles. The average Bonchev–Trinajstić information content (AvgIpc) is 2.75. The lowest BCUT2D eigenvalue weighted by atomic mass is 10.00. The molecule has 1 aliphatic heterocycles. The van der Waals surface area contributed by atoms with Gasteiger partial charge in [-0.25, -0.2) is 13.4 Å². The summed E-state index contributed by atoms with van der Waals surface area (Å²) in [5.74, 6) is 1.32. The van der Waals surface area contributed by atoms with Crippen molar-refractivity contribution < 1.29 is 17.9 Å². The van der Waals surface area contributed by atoms with Crippen molar-refractivity contribution in [1.29, 1.82) is 0 Å². The molecule has 1 fully saturated rings. The van der Waals surface area contributed by atoms with E-state index in [1.165, 1.54) is 0 Å². The van der Waals surface area contributed by atoms with E-state index in [2.05, 4.69) is 4.98 Å². The summed E-state index contributed by atoms with van der Waals surface area (Å²) in [6.07, 6.45) is 4.15. The van der Waals surface area contributed by atoms with Crippen LogP contribution in [0.4, 0.5) is 0 Å². The van der Waals surface area contributed by atoms with Gasteiger partial charge in [0.1, 0.15) is 16.1 Å².